The predicted molar refractivity (Wildman–Crippen MR) is 145 cm³/mol. The normalized spacial score (nSPS) is 28.5. The number of amides is 3. The molecule has 0 saturated carbocycles. The first-order chi connectivity index (χ1) is 18.7. The van der Waals surface area contributed by atoms with Crippen molar-refractivity contribution in [1.29, 1.82) is 0 Å². The number of allylic oxidation sites excluding steroid dienone is 1. The zero-order chi connectivity index (χ0) is 28.7. The van der Waals surface area contributed by atoms with E-state index < -0.39 is 47.7 Å². The first-order valence-electron chi connectivity index (χ1n) is 14.2. The molecule has 3 rings (SSSR count). The molecule has 10 nitrogen and oxygen atoms in total. The number of hydrogen-bond donors (Lipinski definition) is 2. The number of likely N-dealkylation sites (tertiary alicyclic amines) is 1. The lowest BCUT2D eigenvalue weighted by Gasteiger charge is -2.38. The quantitative estimate of drug-likeness (QED) is 0.172. The molecule has 10 heteroatoms. The largest absolute Gasteiger partial charge is 0.460 e. The molecule has 39 heavy (non-hydrogen) atoms. The van der Waals surface area contributed by atoms with Crippen molar-refractivity contribution in [2.45, 2.75) is 95.6 Å². The van der Waals surface area contributed by atoms with Gasteiger partial charge in [-0.1, -0.05) is 31.9 Å². The van der Waals surface area contributed by atoms with E-state index in [1.807, 2.05) is 0 Å². The van der Waals surface area contributed by atoms with Crippen LogP contribution in [-0.2, 0) is 28.7 Å². The summed E-state index contributed by atoms with van der Waals surface area (Å²) in [5.41, 5.74) is -1.15. The van der Waals surface area contributed by atoms with Crippen molar-refractivity contribution in [1.82, 2.24) is 15.1 Å². The fraction of sp³-hybridized carbons (Fsp3) is 0.724. The first-order valence-corrected chi connectivity index (χ1v) is 14.2. The number of esters is 1. The van der Waals surface area contributed by atoms with Crippen LogP contribution in [0.1, 0.15) is 65.7 Å². The summed E-state index contributed by atoms with van der Waals surface area (Å²) >= 11 is 0. The Labute approximate surface area is 231 Å². The molecule has 2 N–H and O–H groups in total. The number of hydrogen-bond acceptors (Lipinski definition) is 7. The SMILES string of the molecule is C=CCCC(=O)NC[C@@H](C)OC(=O)[C@@H]1[C@H]2C(=O)N([C@H](C)CO)[C@H](C(=O)N(CC=C)CCCCC)[C@]23CC[C@H]1O3. The Kier molecular flexibility index (Phi) is 10.7. The molecular formula is C29H45N3O7. The topological polar surface area (TPSA) is 125 Å². The Hall–Kier alpha value is -2.72. The molecule has 0 radical (unpaired) electrons. The number of aliphatic hydroxyl groups is 1. The number of unbranched alkanes of at least 4 members (excludes halogenated alkanes) is 2. The van der Waals surface area contributed by atoms with Crippen molar-refractivity contribution in [2.24, 2.45) is 11.8 Å². The van der Waals surface area contributed by atoms with Crippen LogP contribution in [0.3, 0.4) is 0 Å². The number of nitrogens with one attached hydrogen (secondary N) is 1. The summed E-state index contributed by atoms with van der Waals surface area (Å²) in [4.78, 5) is 56.5. The summed E-state index contributed by atoms with van der Waals surface area (Å²) in [6.45, 7) is 13.5. The predicted octanol–water partition coefficient (Wildman–Crippen LogP) is 1.96. The Morgan fingerprint density at radius 3 is 2.67 bits per heavy atom. The molecule has 0 aromatic rings. The Morgan fingerprint density at radius 1 is 1.28 bits per heavy atom. The molecule has 3 amide bonds. The molecule has 3 heterocycles. The van der Waals surface area contributed by atoms with E-state index in [0.29, 0.717) is 38.8 Å². The van der Waals surface area contributed by atoms with Crippen LogP contribution in [0.2, 0.25) is 0 Å². The van der Waals surface area contributed by atoms with Gasteiger partial charge in [0.1, 0.15) is 17.7 Å². The van der Waals surface area contributed by atoms with E-state index in [-0.39, 0.29) is 30.9 Å². The van der Waals surface area contributed by atoms with Crippen molar-refractivity contribution in [3.8, 4) is 0 Å². The minimum atomic E-state index is -1.15. The van der Waals surface area contributed by atoms with Gasteiger partial charge in [-0.25, -0.2) is 0 Å². The fourth-order valence-electron chi connectivity index (χ4n) is 6.27. The smallest absolute Gasteiger partial charge is 0.312 e. The molecule has 0 aromatic heterocycles. The van der Waals surface area contributed by atoms with E-state index in [1.165, 1.54) is 4.90 Å². The minimum Gasteiger partial charge on any atom is -0.460 e. The van der Waals surface area contributed by atoms with E-state index >= 15 is 0 Å². The van der Waals surface area contributed by atoms with Crippen LogP contribution < -0.4 is 5.32 Å². The molecule has 218 valence electrons. The van der Waals surface area contributed by atoms with Crippen molar-refractivity contribution in [2.75, 3.05) is 26.2 Å². The van der Waals surface area contributed by atoms with Gasteiger partial charge < -0.3 is 29.7 Å². The summed E-state index contributed by atoms with van der Waals surface area (Å²) < 4.78 is 12.1. The van der Waals surface area contributed by atoms with Crippen LogP contribution in [0.25, 0.3) is 0 Å². The molecule has 3 saturated heterocycles. The number of aliphatic hydroxyl groups excluding tert-OH is 1. The lowest BCUT2D eigenvalue weighted by Crippen LogP contribution is -2.58. The van der Waals surface area contributed by atoms with Crippen molar-refractivity contribution in [3.05, 3.63) is 25.3 Å². The van der Waals surface area contributed by atoms with Gasteiger partial charge in [-0.2, -0.15) is 0 Å². The Balaban J connectivity index is 1.83. The highest BCUT2D eigenvalue weighted by Gasteiger charge is 2.75. The van der Waals surface area contributed by atoms with Crippen molar-refractivity contribution in [3.63, 3.8) is 0 Å². The number of carbonyl (C=O) groups excluding carboxylic acids is 4. The summed E-state index contributed by atoms with van der Waals surface area (Å²) in [7, 11) is 0. The van der Waals surface area contributed by atoms with E-state index in [4.69, 9.17) is 9.47 Å². The van der Waals surface area contributed by atoms with Crippen LogP contribution in [0.5, 0.6) is 0 Å². The number of carbonyl (C=O) groups is 4. The van der Waals surface area contributed by atoms with Gasteiger partial charge in [0.2, 0.25) is 17.7 Å². The van der Waals surface area contributed by atoms with Crippen LogP contribution in [0.4, 0.5) is 0 Å². The number of ether oxygens (including phenoxy) is 2. The van der Waals surface area contributed by atoms with Gasteiger partial charge >= 0.3 is 5.97 Å². The summed E-state index contributed by atoms with van der Waals surface area (Å²) in [5, 5.41) is 12.7. The molecular weight excluding hydrogens is 502 g/mol. The first kappa shape index (κ1) is 30.8. The maximum atomic E-state index is 14.1. The zero-order valence-corrected chi connectivity index (χ0v) is 23.6. The van der Waals surface area contributed by atoms with E-state index in [1.54, 1.807) is 30.9 Å². The monoisotopic (exact) mass is 547 g/mol. The zero-order valence-electron chi connectivity index (χ0n) is 23.6. The molecule has 2 bridgehead atoms. The van der Waals surface area contributed by atoms with E-state index in [9.17, 15) is 24.3 Å². The van der Waals surface area contributed by atoms with Gasteiger partial charge in [0.15, 0.2) is 0 Å². The summed E-state index contributed by atoms with van der Waals surface area (Å²) in [6.07, 6.45) is 6.83. The second-order valence-electron chi connectivity index (χ2n) is 11.0. The van der Waals surface area contributed by atoms with Gasteiger partial charge in [-0.15, -0.1) is 13.2 Å². The second kappa shape index (κ2) is 13.6. The van der Waals surface area contributed by atoms with Gasteiger partial charge in [0.25, 0.3) is 0 Å². The number of rotatable bonds is 16. The fourth-order valence-corrected chi connectivity index (χ4v) is 6.27. The van der Waals surface area contributed by atoms with Gasteiger partial charge in [-0.3, -0.25) is 19.2 Å². The molecule has 3 fully saturated rings. The number of nitrogens with zero attached hydrogens (tertiary/aromatic N) is 2. The van der Waals surface area contributed by atoms with Crippen molar-refractivity contribution >= 4 is 23.7 Å². The molecule has 1 spiro atoms. The second-order valence-corrected chi connectivity index (χ2v) is 11.0. The highest BCUT2D eigenvalue weighted by Crippen LogP contribution is 2.59. The standard InChI is InChI=1S/C29H45N3O7/c1-6-9-11-16-31(15-8-3)27(36)25-29-14-13-21(39-29)23(24(29)26(35)32(25)19(4)18-33)28(37)38-20(5)17-30-22(34)12-10-7-2/h7-8,19-21,23-25,33H,2-3,6,9-18H2,1,4-5H3,(H,30,34)/t19-,20-,21-,23+,24+,25-,29+/m1/s1. The van der Waals surface area contributed by atoms with E-state index in [0.717, 1.165) is 19.3 Å². The molecule has 3 aliphatic heterocycles. The summed E-state index contributed by atoms with van der Waals surface area (Å²) in [6, 6.07) is -1.57. The molecule has 0 aromatic carbocycles. The summed E-state index contributed by atoms with van der Waals surface area (Å²) in [5.74, 6) is -3.07. The third kappa shape index (κ3) is 6.22. The van der Waals surface area contributed by atoms with E-state index in [2.05, 4.69) is 25.4 Å². The van der Waals surface area contributed by atoms with Crippen molar-refractivity contribution < 1.29 is 33.8 Å². The maximum absolute atomic E-state index is 14.1. The van der Waals surface area contributed by atoms with Crippen LogP contribution in [-0.4, -0.2) is 94.7 Å². The van der Waals surface area contributed by atoms with Crippen LogP contribution >= 0.6 is 0 Å². The third-order valence-corrected chi connectivity index (χ3v) is 8.16. The van der Waals surface area contributed by atoms with Crippen LogP contribution in [0, 0.1) is 11.8 Å². The lowest BCUT2D eigenvalue weighted by atomic mass is 9.70. The third-order valence-electron chi connectivity index (χ3n) is 8.16. The van der Waals surface area contributed by atoms with Gasteiger partial charge in [-0.05, 0) is 39.5 Å². The van der Waals surface area contributed by atoms with Gasteiger partial charge in [0, 0.05) is 19.5 Å². The Morgan fingerprint density at radius 2 is 2.03 bits per heavy atom. The molecule has 7 atom stereocenters. The average molecular weight is 548 g/mol. The maximum Gasteiger partial charge on any atom is 0.312 e. The highest BCUT2D eigenvalue weighted by atomic mass is 16.6. The van der Waals surface area contributed by atoms with Gasteiger partial charge in [0.05, 0.1) is 37.1 Å². The minimum absolute atomic E-state index is 0.146. The Bertz CT molecular complexity index is 940. The highest BCUT2D eigenvalue weighted by molar-refractivity contribution is 5.98. The van der Waals surface area contributed by atoms with Crippen LogP contribution in [0.15, 0.2) is 25.3 Å². The molecule has 0 unspecified atom stereocenters. The number of fused-ring (bicyclic) bond motifs is 1. The molecule has 0 aliphatic carbocycles. The lowest BCUT2D eigenvalue weighted by molar-refractivity contribution is -0.160. The molecule has 3 aliphatic rings. The average Bonchev–Trinajstić information content (AvgIpc) is 3.56.